The summed E-state index contributed by atoms with van der Waals surface area (Å²) < 4.78 is 0.461. The Kier molecular flexibility index (Phi) is 2.11. The van der Waals surface area contributed by atoms with Crippen molar-refractivity contribution in [3.8, 4) is 0 Å². The molecule has 0 N–H and O–H groups in total. The van der Waals surface area contributed by atoms with Gasteiger partial charge in [0, 0.05) is 3.42 Å². The monoisotopic (exact) mass is 266 g/mol. The van der Waals surface area contributed by atoms with Crippen LogP contribution in [0.15, 0.2) is 0 Å². The molecule has 0 radical (unpaired) electrons. The van der Waals surface area contributed by atoms with Gasteiger partial charge < -0.3 is 0 Å². The fraction of sp³-hybridized carbons (Fsp3) is 1.00. The molecule has 0 amide bonds. The largest absolute Gasteiger partial charge is 0.0788 e. The molecule has 1 saturated carbocycles. The maximum Gasteiger partial charge on any atom is 0.0227 e. The van der Waals surface area contributed by atoms with Crippen LogP contribution in [0.1, 0.15) is 47.5 Å². The quantitative estimate of drug-likeness (QED) is 0.496. The van der Waals surface area contributed by atoms with E-state index in [1.54, 1.807) is 0 Å². The van der Waals surface area contributed by atoms with E-state index in [0.717, 1.165) is 0 Å². The summed E-state index contributed by atoms with van der Waals surface area (Å²) in [5, 5.41) is 0. The molecule has 0 bridgehead atoms. The predicted octanol–water partition coefficient (Wildman–Crippen LogP) is 4.03. The van der Waals surface area contributed by atoms with Crippen molar-refractivity contribution in [3.63, 3.8) is 0 Å². The zero-order valence-electron chi connectivity index (χ0n) is 8.29. The van der Waals surface area contributed by atoms with Gasteiger partial charge in [0.2, 0.25) is 0 Å². The first-order chi connectivity index (χ1) is 4.71. The summed E-state index contributed by atoms with van der Waals surface area (Å²) in [5.74, 6) is 0. The lowest BCUT2D eigenvalue weighted by Crippen LogP contribution is -2.37. The highest BCUT2D eigenvalue weighted by atomic mass is 127. The summed E-state index contributed by atoms with van der Waals surface area (Å²) >= 11 is 2.61. The average molecular weight is 266 g/mol. The first kappa shape index (κ1) is 9.82. The minimum Gasteiger partial charge on any atom is -0.0788 e. The van der Waals surface area contributed by atoms with Gasteiger partial charge in [-0.25, -0.2) is 0 Å². The van der Waals surface area contributed by atoms with Crippen LogP contribution in [0.2, 0.25) is 0 Å². The second kappa shape index (κ2) is 2.36. The number of alkyl halides is 1. The molecule has 1 aliphatic carbocycles. The lowest BCUT2D eigenvalue weighted by molar-refractivity contribution is 0.179. The third-order valence-electron chi connectivity index (χ3n) is 3.32. The third kappa shape index (κ3) is 1.45. The van der Waals surface area contributed by atoms with Gasteiger partial charge >= 0.3 is 0 Å². The Hall–Kier alpha value is 0.730. The zero-order valence-corrected chi connectivity index (χ0v) is 10.4. The average Bonchev–Trinajstić information content (AvgIpc) is 2.31. The Balaban J connectivity index is 2.85. The fourth-order valence-corrected chi connectivity index (χ4v) is 3.71. The molecule has 0 aliphatic heterocycles. The highest BCUT2D eigenvalue weighted by Gasteiger charge is 2.59. The molecule has 0 heterocycles. The van der Waals surface area contributed by atoms with Crippen LogP contribution in [-0.2, 0) is 0 Å². The Morgan fingerprint density at radius 1 is 1.00 bits per heavy atom. The minimum absolute atomic E-state index is 0.461. The van der Waals surface area contributed by atoms with Crippen LogP contribution in [0.3, 0.4) is 0 Å². The van der Waals surface area contributed by atoms with Crippen LogP contribution >= 0.6 is 22.6 Å². The lowest BCUT2D eigenvalue weighted by Gasteiger charge is -2.40. The molecular formula is C10H19I. The first-order valence-corrected chi connectivity index (χ1v) is 5.47. The van der Waals surface area contributed by atoms with Crippen LogP contribution < -0.4 is 0 Å². The molecule has 66 valence electrons. The second-order valence-electron chi connectivity index (χ2n) is 5.30. The lowest BCUT2D eigenvalue weighted by atomic mass is 9.71. The van der Waals surface area contributed by atoms with Crippen LogP contribution in [0, 0.1) is 10.8 Å². The zero-order chi connectivity index (χ0) is 8.91. The van der Waals surface area contributed by atoms with Crippen LogP contribution in [0.4, 0.5) is 0 Å². The van der Waals surface area contributed by atoms with Crippen molar-refractivity contribution in [1.82, 2.24) is 0 Å². The minimum atomic E-state index is 0.461. The molecule has 0 aromatic rings. The van der Waals surface area contributed by atoms with Crippen LogP contribution in [0.5, 0.6) is 0 Å². The van der Waals surface area contributed by atoms with E-state index < -0.39 is 0 Å². The van der Waals surface area contributed by atoms with E-state index in [-0.39, 0.29) is 0 Å². The number of hydrogen-bond donors (Lipinski definition) is 0. The van der Waals surface area contributed by atoms with Gasteiger partial charge in [0.05, 0.1) is 0 Å². The molecule has 1 fully saturated rings. The van der Waals surface area contributed by atoms with E-state index in [0.29, 0.717) is 14.3 Å². The third-order valence-corrected chi connectivity index (χ3v) is 4.36. The molecule has 0 saturated heterocycles. The van der Waals surface area contributed by atoms with Gasteiger partial charge in [0.1, 0.15) is 0 Å². The number of halogens is 1. The molecule has 0 unspecified atom stereocenters. The van der Waals surface area contributed by atoms with Crippen molar-refractivity contribution in [2.75, 3.05) is 0 Å². The highest BCUT2D eigenvalue weighted by Crippen LogP contribution is 2.67. The van der Waals surface area contributed by atoms with Gasteiger partial charge in [-0.05, 0) is 23.7 Å². The fourth-order valence-electron chi connectivity index (χ4n) is 2.36. The predicted molar refractivity (Wildman–Crippen MR) is 59.2 cm³/mol. The van der Waals surface area contributed by atoms with E-state index in [1.165, 1.54) is 12.8 Å². The van der Waals surface area contributed by atoms with Gasteiger partial charge in [-0.3, -0.25) is 0 Å². The van der Waals surface area contributed by atoms with Gasteiger partial charge in [-0.1, -0.05) is 57.2 Å². The Morgan fingerprint density at radius 2 is 1.36 bits per heavy atom. The summed E-state index contributed by atoms with van der Waals surface area (Å²) in [6.07, 6.45) is 2.85. The topological polar surface area (TPSA) is 0 Å². The summed E-state index contributed by atoms with van der Waals surface area (Å²) in [5.41, 5.74) is 1.10. The van der Waals surface area contributed by atoms with Crippen LogP contribution in [-0.4, -0.2) is 3.42 Å². The van der Waals surface area contributed by atoms with E-state index in [1.807, 2.05) is 0 Å². The van der Waals surface area contributed by atoms with Crippen molar-refractivity contribution < 1.29 is 0 Å². The Bertz CT molecular complexity index is 137. The van der Waals surface area contributed by atoms with Crippen molar-refractivity contribution in [2.45, 2.75) is 50.9 Å². The van der Waals surface area contributed by atoms with Crippen molar-refractivity contribution >= 4 is 22.6 Å². The molecule has 0 aromatic heterocycles. The smallest absolute Gasteiger partial charge is 0.0227 e. The van der Waals surface area contributed by atoms with E-state index in [9.17, 15) is 0 Å². The summed E-state index contributed by atoms with van der Waals surface area (Å²) in [4.78, 5) is 0. The maximum absolute atomic E-state index is 2.61. The maximum atomic E-state index is 2.61. The molecule has 1 heteroatoms. The van der Waals surface area contributed by atoms with Crippen LogP contribution in [0.25, 0.3) is 0 Å². The van der Waals surface area contributed by atoms with Crippen molar-refractivity contribution in [3.05, 3.63) is 0 Å². The van der Waals surface area contributed by atoms with E-state index in [2.05, 4.69) is 57.2 Å². The second-order valence-corrected chi connectivity index (χ2v) is 8.00. The molecule has 1 rings (SSSR count). The van der Waals surface area contributed by atoms with Gasteiger partial charge in [-0.15, -0.1) is 0 Å². The molecule has 0 spiro atoms. The Morgan fingerprint density at radius 3 is 1.36 bits per heavy atom. The summed E-state index contributed by atoms with van der Waals surface area (Å²) in [7, 11) is 0. The summed E-state index contributed by atoms with van der Waals surface area (Å²) in [6, 6.07) is 0. The van der Waals surface area contributed by atoms with Gasteiger partial charge in [-0.2, -0.15) is 0 Å². The molecule has 11 heavy (non-hydrogen) atoms. The SMILES string of the molecule is CC(C)(C)C1(C(C)(C)I)CC1. The molecule has 0 nitrogen and oxygen atoms in total. The van der Waals surface area contributed by atoms with Crippen molar-refractivity contribution in [1.29, 1.82) is 0 Å². The molecular weight excluding hydrogens is 247 g/mol. The first-order valence-electron chi connectivity index (χ1n) is 4.40. The molecule has 0 atom stereocenters. The van der Waals surface area contributed by atoms with Crippen molar-refractivity contribution in [2.24, 2.45) is 10.8 Å². The standard InChI is InChI=1S/C10H19I/c1-8(2,3)10(6-7-10)9(4,5)11/h6-7H2,1-5H3. The van der Waals surface area contributed by atoms with Gasteiger partial charge in [0.15, 0.2) is 0 Å². The van der Waals surface area contributed by atoms with E-state index >= 15 is 0 Å². The molecule has 1 aliphatic rings. The number of hydrogen-bond acceptors (Lipinski definition) is 0. The normalized spacial score (nSPS) is 23.5. The van der Waals surface area contributed by atoms with E-state index in [4.69, 9.17) is 0 Å². The van der Waals surface area contributed by atoms with Gasteiger partial charge in [0.25, 0.3) is 0 Å². The highest BCUT2D eigenvalue weighted by molar-refractivity contribution is 14.1. The molecule has 0 aromatic carbocycles. The summed E-state index contributed by atoms with van der Waals surface area (Å²) in [6.45, 7) is 11.9. The number of rotatable bonds is 1. The Labute approximate surface area is 84.3 Å².